The van der Waals surface area contributed by atoms with Crippen LogP contribution in [0.2, 0.25) is 0 Å². The Morgan fingerprint density at radius 2 is 1.62 bits per heavy atom. The van der Waals surface area contributed by atoms with Gasteiger partial charge in [-0.05, 0) is 35.0 Å². The van der Waals surface area contributed by atoms with Gasteiger partial charge in [-0.2, -0.15) is 0 Å². The predicted molar refractivity (Wildman–Crippen MR) is 89.4 cm³/mol. The molecule has 0 spiro atoms. The van der Waals surface area contributed by atoms with Gasteiger partial charge in [0.25, 0.3) is 0 Å². The van der Waals surface area contributed by atoms with E-state index in [1.165, 1.54) is 6.07 Å². The van der Waals surface area contributed by atoms with Crippen molar-refractivity contribution in [2.24, 2.45) is 0 Å². The molecule has 3 rings (SSSR count). The molecule has 1 nitrogen and oxygen atoms in total. The molecule has 0 fully saturated rings. The van der Waals surface area contributed by atoms with E-state index in [0.29, 0.717) is 20.5 Å². The zero-order chi connectivity index (χ0) is 15.0. The molecule has 0 aliphatic rings. The molecule has 1 unspecified atom stereocenters. The molecule has 3 aromatic carbocycles. The summed E-state index contributed by atoms with van der Waals surface area (Å²) in [6.45, 7) is 0. The molecule has 0 aromatic heterocycles. The topological polar surface area (TPSA) is 17.1 Å². The van der Waals surface area contributed by atoms with Crippen LogP contribution >= 0.6 is 15.9 Å². The maximum atomic E-state index is 14.3. The van der Waals surface area contributed by atoms with Gasteiger partial charge in [0.05, 0.1) is 10.8 Å². The van der Waals surface area contributed by atoms with E-state index in [1.807, 2.05) is 36.4 Å². The summed E-state index contributed by atoms with van der Waals surface area (Å²) in [6.07, 6.45) is 1.62. The van der Waals surface area contributed by atoms with Crippen molar-refractivity contribution >= 4 is 37.5 Å². The second kappa shape index (κ2) is 5.70. The average molecular weight is 363 g/mol. The van der Waals surface area contributed by atoms with Crippen molar-refractivity contribution < 1.29 is 8.60 Å². The smallest absolute Gasteiger partial charge is 0.132 e. The van der Waals surface area contributed by atoms with E-state index in [4.69, 9.17) is 0 Å². The van der Waals surface area contributed by atoms with Crippen LogP contribution in [0.3, 0.4) is 0 Å². The molecule has 1 atom stereocenters. The summed E-state index contributed by atoms with van der Waals surface area (Å²) >= 11 is 3.26. The number of hydrogen-bond donors (Lipinski definition) is 0. The Bertz CT molecular complexity index is 861. The van der Waals surface area contributed by atoms with Crippen molar-refractivity contribution in [3.8, 4) is 11.1 Å². The lowest BCUT2D eigenvalue weighted by atomic mass is 10.0. The number of fused-ring (bicyclic) bond motifs is 1. The van der Waals surface area contributed by atoms with Crippen LogP contribution in [0.1, 0.15) is 0 Å². The van der Waals surface area contributed by atoms with Crippen LogP contribution in [0.4, 0.5) is 4.39 Å². The van der Waals surface area contributed by atoms with Gasteiger partial charge in [-0.1, -0.05) is 46.3 Å². The summed E-state index contributed by atoms with van der Waals surface area (Å²) in [5, 5.41) is 2.01. The molecular formula is C17H12BrFOS. The molecule has 0 aliphatic carbocycles. The Morgan fingerprint density at radius 3 is 2.24 bits per heavy atom. The largest absolute Gasteiger partial charge is 0.255 e. The highest BCUT2D eigenvalue weighted by molar-refractivity contribution is 9.10. The summed E-state index contributed by atoms with van der Waals surface area (Å²) in [4.78, 5) is 0.648. The summed E-state index contributed by atoms with van der Waals surface area (Å²) in [5.41, 5.74) is 1.15. The first-order valence-corrected chi connectivity index (χ1v) is 8.73. The standard InChI is InChI=1S/C17H12BrFOS/c1-21(20)17-9-12-5-3-2-4-11(12)8-15(17)14-7-6-13(18)10-16(14)19/h2-10H,1H3. The van der Waals surface area contributed by atoms with Crippen LogP contribution < -0.4 is 0 Å². The van der Waals surface area contributed by atoms with Gasteiger partial charge in [-0.25, -0.2) is 4.39 Å². The van der Waals surface area contributed by atoms with Gasteiger partial charge >= 0.3 is 0 Å². The molecule has 0 N–H and O–H groups in total. The molecule has 0 saturated carbocycles. The molecule has 0 radical (unpaired) electrons. The van der Waals surface area contributed by atoms with E-state index < -0.39 is 10.8 Å². The first kappa shape index (κ1) is 14.4. The highest BCUT2D eigenvalue weighted by atomic mass is 79.9. The molecule has 0 aliphatic heterocycles. The first-order valence-electron chi connectivity index (χ1n) is 6.38. The van der Waals surface area contributed by atoms with Crippen LogP contribution in [0, 0.1) is 5.82 Å². The number of hydrogen-bond acceptors (Lipinski definition) is 1. The quantitative estimate of drug-likeness (QED) is 0.616. The van der Waals surface area contributed by atoms with Gasteiger partial charge < -0.3 is 0 Å². The SMILES string of the molecule is CS(=O)c1cc2ccccc2cc1-c1ccc(Br)cc1F. The maximum Gasteiger partial charge on any atom is 0.132 e. The molecule has 4 heteroatoms. The lowest BCUT2D eigenvalue weighted by Gasteiger charge is -2.11. The van der Waals surface area contributed by atoms with E-state index in [9.17, 15) is 8.60 Å². The van der Waals surface area contributed by atoms with Crippen molar-refractivity contribution in [2.45, 2.75) is 4.90 Å². The Labute approximate surface area is 133 Å². The van der Waals surface area contributed by atoms with Gasteiger partial charge in [0, 0.05) is 26.8 Å². The molecule has 21 heavy (non-hydrogen) atoms. The Morgan fingerprint density at radius 1 is 0.952 bits per heavy atom. The average Bonchev–Trinajstić information content (AvgIpc) is 2.46. The van der Waals surface area contributed by atoms with E-state index in [-0.39, 0.29) is 5.82 Å². The summed E-state index contributed by atoms with van der Waals surface area (Å²) in [5.74, 6) is -0.327. The molecule has 0 saturated heterocycles. The Balaban J connectivity index is 2.34. The van der Waals surface area contributed by atoms with Gasteiger partial charge in [0.1, 0.15) is 5.82 Å². The molecule has 0 heterocycles. The molecule has 0 bridgehead atoms. The third-order valence-corrected chi connectivity index (χ3v) is 4.83. The van der Waals surface area contributed by atoms with Gasteiger partial charge in [-0.3, -0.25) is 4.21 Å². The predicted octanol–water partition coefficient (Wildman–Crippen LogP) is 5.15. The molecule has 106 valence electrons. The maximum absolute atomic E-state index is 14.3. The van der Waals surface area contributed by atoms with Crippen LogP contribution in [-0.2, 0) is 10.8 Å². The number of rotatable bonds is 2. The van der Waals surface area contributed by atoms with Gasteiger partial charge in [-0.15, -0.1) is 0 Å². The normalized spacial score (nSPS) is 12.5. The monoisotopic (exact) mass is 362 g/mol. The van der Waals surface area contributed by atoms with Gasteiger partial charge in [0.15, 0.2) is 0 Å². The molecular weight excluding hydrogens is 351 g/mol. The van der Waals surface area contributed by atoms with Crippen molar-refractivity contribution in [1.82, 2.24) is 0 Å². The lowest BCUT2D eigenvalue weighted by molar-refractivity contribution is 0.630. The number of halogens is 2. The highest BCUT2D eigenvalue weighted by Crippen LogP contribution is 2.33. The summed E-state index contributed by atoms with van der Waals surface area (Å²) in [6, 6.07) is 16.5. The highest BCUT2D eigenvalue weighted by Gasteiger charge is 2.14. The van der Waals surface area contributed by atoms with E-state index in [1.54, 1.807) is 18.4 Å². The van der Waals surface area contributed by atoms with Crippen molar-refractivity contribution in [1.29, 1.82) is 0 Å². The summed E-state index contributed by atoms with van der Waals surface area (Å²) in [7, 11) is -1.19. The minimum Gasteiger partial charge on any atom is -0.255 e. The summed E-state index contributed by atoms with van der Waals surface area (Å²) < 4.78 is 27.0. The fraction of sp³-hybridized carbons (Fsp3) is 0.0588. The van der Waals surface area contributed by atoms with Crippen molar-refractivity contribution in [3.05, 3.63) is 64.9 Å². The second-order valence-corrected chi connectivity index (χ2v) is 7.04. The van der Waals surface area contributed by atoms with Crippen LogP contribution in [0.25, 0.3) is 21.9 Å². The molecule has 0 amide bonds. The lowest BCUT2D eigenvalue weighted by Crippen LogP contribution is -1.95. The Hall–Kier alpha value is -1.52. The van der Waals surface area contributed by atoms with E-state index in [2.05, 4.69) is 15.9 Å². The fourth-order valence-corrected chi connectivity index (χ4v) is 3.48. The van der Waals surface area contributed by atoms with Crippen molar-refractivity contribution in [3.63, 3.8) is 0 Å². The van der Waals surface area contributed by atoms with Gasteiger partial charge in [0.2, 0.25) is 0 Å². The second-order valence-electron chi connectivity index (χ2n) is 4.77. The first-order chi connectivity index (χ1) is 10.1. The minimum atomic E-state index is -1.19. The molecule has 3 aromatic rings. The fourth-order valence-electron chi connectivity index (χ4n) is 2.38. The number of benzene rings is 3. The van der Waals surface area contributed by atoms with Crippen LogP contribution in [0.5, 0.6) is 0 Å². The Kier molecular flexibility index (Phi) is 3.91. The minimum absolute atomic E-state index is 0.327. The zero-order valence-corrected chi connectivity index (χ0v) is 13.7. The van der Waals surface area contributed by atoms with Crippen LogP contribution in [0.15, 0.2) is 64.0 Å². The third-order valence-electron chi connectivity index (χ3n) is 3.38. The van der Waals surface area contributed by atoms with E-state index in [0.717, 1.165) is 10.8 Å². The van der Waals surface area contributed by atoms with Crippen molar-refractivity contribution in [2.75, 3.05) is 6.26 Å². The third kappa shape index (κ3) is 2.78. The van der Waals surface area contributed by atoms with E-state index >= 15 is 0 Å². The zero-order valence-electron chi connectivity index (χ0n) is 11.3. The van der Waals surface area contributed by atoms with Crippen LogP contribution in [-0.4, -0.2) is 10.5 Å².